The van der Waals surface area contributed by atoms with Crippen LogP contribution in [0.3, 0.4) is 0 Å². The van der Waals surface area contributed by atoms with Gasteiger partial charge < -0.3 is 15.0 Å². The van der Waals surface area contributed by atoms with Crippen molar-refractivity contribution in [3.63, 3.8) is 0 Å². The quantitative estimate of drug-likeness (QED) is 0.736. The third kappa shape index (κ3) is 3.36. The fraction of sp³-hybridized carbons (Fsp3) is 0.579. The number of alkyl carbamates (subject to hydrolysis) is 1. The Morgan fingerprint density at radius 2 is 2.19 bits per heavy atom. The Labute approximate surface area is 157 Å². The van der Waals surface area contributed by atoms with E-state index in [9.17, 15) is 4.79 Å². The highest BCUT2D eigenvalue weighted by Gasteiger charge is 2.39. The van der Waals surface area contributed by atoms with Gasteiger partial charge in [0.2, 0.25) is 0 Å². The van der Waals surface area contributed by atoms with Crippen LogP contribution in [0.5, 0.6) is 0 Å². The average molecular weight is 370 g/mol. The van der Waals surface area contributed by atoms with Crippen LogP contribution in [0.25, 0.3) is 16.8 Å². The number of aromatic nitrogens is 5. The van der Waals surface area contributed by atoms with Gasteiger partial charge in [0.25, 0.3) is 0 Å². The number of amides is 1. The number of fused-ring (bicyclic) bond motifs is 3. The summed E-state index contributed by atoms with van der Waals surface area (Å²) in [6.45, 7) is 8.00. The van der Waals surface area contributed by atoms with Crippen LogP contribution in [0.2, 0.25) is 0 Å². The zero-order valence-electron chi connectivity index (χ0n) is 16.2. The van der Waals surface area contributed by atoms with Gasteiger partial charge in [-0.15, -0.1) is 10.2 Å². The fourth-order valence-electron chi connectivity index (χ4n) is 4.06. The molecule has 3 atom stereocenters. The highest BCUT2D eigenvalue weighted by molar-refractivity contribution is 5.74. The monoisotopic (exact) mass is 370 g/mol. The Hall–Kier alpha value is -2.64. The fourth-order valence-corrected chi connectivity index (χ4v) is 4.06. The molecular formula is C19H26N6O2. The molecule has 0 bridgehead atoms. The normalized spacial score (nSPS) is 23.2. The summed E-state index contributed by atoms with van der Waals surface area (Å²) in [5.74, 6) is 1.51. The van der Waals surface area contributed by atoms with Crippen molar-refractivity contribution in [3.8, 4) is 0 Å². The number of aromatic amines is 1. The van der Waals surface area contributed by atoms with Crippen molar-refractivity contribution >= 4 is 22.9 Å². The standard InChI is InChI=1S/C19H26N6O2/c1-5-11-8-12(27-18(26)22-19(2,3)4)9-13(11)17-24-23-15-10-21-16-14(25(15)17)6-7-20-16/h6-7,10-13,20H,5,8-9H2,1-4H3,(H,22,26). The zero-order valence-corrected chi connectivity index (χ0v) is 16.2. The van der Waals surface area contributed by atoms with E-state index in [0.29, 0.717) is 5.92 Å². The Kier molecular flexibility index (Phi) is 4.28. The zero-order chi connectivity index (χ0) is 19.2. The maximum absolute atomic E-state index is 12.2. The van der Waals surface area contributed by atoms with Crippen molar-refractivity contribution in [1.82, 2.24) is 29.9 Å². The Morgan fingerprint density at radius 1 is 1.37 bits per heavy atom. The van der Waals surface area contributed by atoms with Gasteiger partial charge in [-0.25, -0.2) is 9.78 Å². The SMILES string of the molecule is CCC1CC(OC(=O)NC(C)(C)C)CC1c1nnc2cnc3[nH]ccc3n12. The van der Waals surface area contributed by atoms with Gasteiger partial charge in [0, 0.05) is 17.7 Å². The number of carbonyl (C=O) groups is 1. The number of rotatable bonds is 3. The van der Waals surface area contributed by atoms with Gasteiger partial charge in [-0.1, -0.05) is 13.3 Å². The van der Waals surface area contributed by atoms with E-state index in [0.717, 1.165) is 41.9 Å². The van der Waals surface area contributed by atoms with Crippen LogP contribution in [-0.2, 0) is 4.74 Å². The van der Waals surface area contributed by atoms with Gasteiger partial charge in [0.05, 0.1) is 11.7 Å². The van der Waals surface area contributed by atoms with Crippen molar-refractivity contribution in [2.45, 2.75) is 64.5 Å². The van der Waals surface area contributed by atoms with Crippen molar-refractivity contribution in [2.24, 2.45) is 5.92 Å². The molecule has 1 aliphatic rings. The summed E-state index contributed by atoms with van der Waals surface area (Å²) in [4.78, 5) is 19.7. The lowest BCUT2D eigenvalue weighted by molar-refractivity contribution is 0.0918. The molecule has 1 aliphatic carbocycles. The highest BCUT2D eigenvalue weighted by Crippen LogP contribution is 2.42. The molecule has 0 radical (unpaired) electrons. The summed E-state index contributed by atoms with van der Waals surface area (Å²) in [5.41, 5.74) is 2.21. The van der Waals surface area contributed by atoms with Gasteiger partial charge in [0.15, 0.2) is 11.3 Å². The number of nitrogens with zero attached hydrogens (tertiary/aromatic N) is 4. The first-order valence-electron chi connectivity index (χ1n) is 9.51. The maximum atomic E-state index is 12.2. The van der Waals surface area contributed by atoms with Gasteiger partial charge in [0.1, 0.15) is 11.9 Å². The molecule has 3 heterocycles. The van der Waals surface area contributed by atoms with E-state index in [-0.39, 0.29) is 23.7 Å². The number of H-pyrrole nitrogens is 1. The van der Waals surface area contributed by atoms with E-state index < -0.39 is 0 Å². The second-order valence-electron chi connectivity index (χ2n) is 8.37. The average Bonchev–Trinajstić information content (AvgIpc) is 3.28. The Morgan fingerprint density at radius 3 is 2.93 bits per heavy atom. The van der Waals surface area contributed by atoms with Crippen LogP contribution in [0.4, 0.5) is 4.79 Å². The first-order chi connectivity index (χ1) is 12.9. The number of ether oxygens (including phenoxy) is 1. The number of carbonyl (C=O) groups excluding carboxylic acids is 1. The summed E-state index contributed by atoms with van der Waals surface area (Å²) >= 11 is 0. The van der Waals surface area contributed by atoms with Crippen LogP contribution in [0.1, 0.15) is 58.7 Å². The highest BCUT2D eigenvalue weighted by atomic mass is 16.6. The van der Waals surface area contributed by atoms with Crippen molar-refractivity contribution in [1.29, 1.82) is 0 Å². The van der Waals surface area contributed by atoms with E-state index in [4.69, 9.17) is 4.74 Å². The van der Waals surface area contributed by atoms with E-state index in [2.05, 4.69) is 36.8 Å². The summed E-state index contributed by atoms with van der Waals surface area (Å²) in [6, 6.07) is 1.99. The molecule has 0 spiro atoms. The number of nitrogens with one attached hydrogen (secondary N) is 2. The van der Waals surface area contributed by atoms with Gasteiger partial charge in [-0.3, -0.25) is 4.40 Å². The molecule has 3 aromatic heterocycles. The molecule has 0 saturated heterocycles. The molecule has 144 valence electrons. The minimum absolute atomic E-state index is 0.113. The minimum Gasteiger partial charge on any atom is -0.446 e. The van der Waals surface area contributed by atoms with Gasteiger partial charge in [-0.05, 0) is 45.6 Å². The van der Waals surface area contributed by atoms with E-state index >= 15 is 0 Å². The molecule has 1 fully saturated rings. The van der Waals surface area contributed by atoms with Crippen molar-refractivity contribution in [3.05, 3.63) is 24.3 Å². The lowest BCUT2D eigenvalue weighted by Crippen LogP contribution is -2.42. The molecule has 0 aliphatic heterocycles. The third-order valence-electron chi connectivity index (χ3n) is 5.23. The molecule has 0 aromatic carbocycles. The summed E-state index contributed by atoms with van der Waals surface area (Å²) in [6.07, 6.45) is 5.73. The largest absolute Gasteiger partial charge is 0.446 e. The van der Waals surface area contributed by atoms with Crippen molar-refractivity contribution < 1.29 is 9.53 Å². The molecule has 27 heavy (non-hydrogen) atoms. The first-order valence-corrected chi connectivity index (χ1v) is 9.51. The molecule has 2 N–H and O–H groups in total. The molecule has 3 unspecified atom stereocenters. The third-order valence-corrected chi connectivity index (χ3v) is 5.23. The second-order valence-corrected chi connectivity index (χ2v) is 8.37. The van der Waals surface area contributed by atoms with Gasteiger partial charge in [-0.2, -0.15) is 0 Å². The molecule has 8 nitrogen and oxygen atoms in total. The number of hydrogen-bond donors (Lipinski definition) is 2. The van der Waals surface area contributed by atoms with Crippen LogP contribution in [-0.4, -0.2) is 42.3 Å². The van der Waals surface area contributed by atoms with E-state index in [1.165, 1.54) is 0 Å². The topological polar surface area (TPSA) is 97.2 Å². The molecule has 1 saturated carbocycles. The van der Waals surface area contributed by atoms with Crippen LogP contribution in [0.15, 0.2) is 18.5 Å². The minimum atomic E-state index is -0.355. The molecule has 4 rings (SSSR count). The number of hydrogen-bond acceptors (Lipinski definition) is 5. The van der Waals surface area contributed by atoms with Crippen LogP contribution >= 0.6 is 0 Å². The first kappa shape index (κ1) is 17.8. The molecule has 1 amide bonds. The van der Waals surface area contributed by atoms with Crippen LogP contribution < -0.4 is 5.32 Å². The Balaban J connectivity index is 1.61. The van der Waals surface area contributed by atoms with Crippen LogP contribution in [0, 0.1) is 5.92 Å². The predicted molar refractivity (Wildman–Crippen MR) is 102 cm³/mol. The molecule has 3 aromatic rings. The lowest BCUT2D eigenvalue weighted by Gasteiger charge is -2.22. The predicted octanol–water partition coefficient (Wildman–Crippen LogP) is 3.40. The maximum Gasteiger partial charge on any atom is 0.407 e. The summed E-state index contributed by atoms with van der Waals surface area (Å²) in [7, 11) is 0. The van der Waals surface area contributed by atoms with E-state index in [1.54, 1.807) is 6.20 Å². The Bertz CT molecular complexity index is 970. The summed E-state index contributed by atoms with van der Waals surface area (Å²) < 4.78 is 7.78. The molecule has 8 heteroatoms. The smallest absolute Gasteiger partial charge is 0.407 e. The van der Waals surface area contributed by atoms with Crippen molar-refractivity contribution in [2.75, 3.05) is 0 Å². The van der Waals surface area contributed by atoms with Gasteiger partial charge >= 0.3 is 6.09 Å². The molecular weight excluding hydrogens is 344 g/mol. The lowest BCUT2D eigenvalue weighted by atomic mass is 9.93. The summed E-state index contributed by atoms with van der Waals surface area (Å²) in [5, 5.41) is 11.7. The van der Waals surface area contributed by atoms with E-state index in [1.807, 2.05) is 33.0 Å². The second kappa shape index (κ2) is 6.51.